The maximum Gasteiger partial charge on any atom is 0.256 e. The Balaban J connectivity index is 1.38. The van der Waals surface area contributed by atoms with E-state index in [1.54, 1.807) is 12.1 Å². The number of amides is 2. The van der Waals surface area contributed by atoms with E-state index >= 15 is 0 Å². The van der Waals surface area contributed by atoms with Crippen LogP contribution in [-0.2, 0) is 0 Å². The number of benzene rings is 3. The SMILES string of the molecule is CC(C)CNC(=O)c1ccc(N2CCN(C3c4ccccc4NC(=O)c4ccccc43)CC2)c(C#N)c1. The Morgan fingerprint density at radius 1 is 1.03 bits per heavy atom. The number of nitriles is 1. The average Bonchev–Trinajstić information content (AvgIpc) is 3.05. The lowest BCUT2D eigenvalue weighted by atomic mass is 9.93. The van der Waals surface area contributed by atoms with E-state index in [1.807, 2.05) is 62.4 Å². The first-order valence-electron chi connectivity index (χ1n) is 12.8. The highest BCUT2D eigenvalue weighted by atomic mass is 16.2. The van der Waals surface area contributed by atoms with E-state index in [0.717, 1.165) is 48.7 Å². The minimum Gasteiger partial charge on any atom is -0.368 e. The van der Waals surface area contributed by atoms with E-state index < -0.39 is 0 Å². The van der Waals surface area contributed by atoms with Crippen LogP contribution >= 0.6 is 0 Å². The molecule has 0 saturated carbocycles. The van der Waals surface area contributed by atoms with Gasteiger partial charge >= 0.3 is 0 Å². The summed E-state index contributed by atoms with van der Waals surface area (Å²) in [7, 11) is 0. The van der Waals surface area contributed by atoms with Gasteiger partial charge in [-0.15, -0.1) is 0 Å². The van der Waals surface area contributed by atoms with Crippen LogP contribution < -0.4 is 15.5 Å². The smallest absolute Gasteiger partial charge is 0.256 e. The lowest BCUT2D eigenvalue weighted by molar-refractivity contribution is 0.0948. The Bertz CT molecular complexity index is 1370. The van der Waals surface area contributed by atoms with Crippen LogP contribution in [0.1, 0.15) is 57.3 Å². The molecule has 2 amide bonds. The third kappa shape index (κ3) is 4.93. The van der Waals surface area contributed by atoms with Crippen LogP contribution in [0.4, 0.5) is 11.4 Å². The van der Waals surface area contributed by atoms with Crippen LogP contribution in [0.5, 0.6) is 0 Å². The first-order chi connectivity index (χ1) is 18.0. The van der Waals surface area contributed by atoms with Crippen molar-refractivity contribution >= 4 is 23.2 Å². The number of nitrogens with one attached hydrogen (secondary N) is 2. The van der Waals surface area contributed by atoms with E-state index in [4.69, 9.17) is 0 Å². The second kappa shape index (κ2) is 10.5. The minimum atomic E-state index is -0.157. The summed E-state index contributed by atoms with van der Waals surface area (Å²) in [5.74, 6) is 0.118. The van der Waals surface area contributed by atoms with Gasteiger partial charge in [-0.1, -0.05) is 50.2 Å². The maximum absolute atomic E-state index is 13.0. The van der Waals surface area contributed by atoms with Crippen LogP contribution in [0.15, 0.2) is 66.7 Å². The predicted octanol–water partition coefficient (Wildman–Crippen LogP) is 4.42. The average molecular weight is 494 g/mol. The first-order valence-corrected chi connectivity index (χ1v) is 12.8. The Morgan fingerprint density at radius 2 is 1.73 bits per heavy atom. The number of nitrogens with zero attached hydrogens (tertiary/aromatic N) is 3. The Labute approximate surface area is 217 Å². The molecule has 188 valence electrons. The fourth-order valence-corrected chi connectivity index (χ4v) is 5.20. The van der Waals surface area contributed by atoms with Crippen LogP contribution in [-0.4, -0.2) is 49.4 Å². The topological polar surface area (TPSA) is 88.5 Å². The van der Waals surface area contributed by atoms with Gasteiger partial charge in [0.1, 0.15) is 6.07 Å². The van der Waals surface area contributed by atoms with Crippen molar-refractivity contribution in [3.05, 3.63) is 94.5 Å². The quantitative estimate of drug-likeness (QED) is 0.549. The lowest BCUT2D eigenvalue weighted by Crippen LogP contribution is -2.48. The number of fused-ring (bicyclic) bond motifs is 2. The van der Waals surface area contributed by atoms with Gasteiger partial charge in [0.05, 0.1) is 17.3 Å². The number of piperazine rings is 1. The van der Waals surface area contributed by atoms with Crippen molar-refractivity contribution in [3.63, 3.8) is 0 Å². The number of hydrogen-bond acceptors (Lipinski definition) is 5. The van der Waals surface area contributed by atoms with Gasteiger partial charge in [-0.05, 0) is 47.4 Å². The molecule has 7 heteroatoms. The largest absolute Gasteiger partial charge is 0.368 e. The molecule has 3 aromatic rings. The van der Waals surface area contributed by atoms with E-state index in [9.17, 15) is 14.9 Å². The van der Waals surface area contributed by atoms with Gasteiger partial charge in [-0.25, -0.2) is 0 Å². The second-order valence-corrected chi connectivity index (χ2v) is 10.0. The molecule has 2 N–H and O–H groups in total. The van der Waals surface area contributed by atoms with Crippen molar-refractivity contribution in [2.24, 2.45) is 5.92 Å². The van der Waals surface area contributed by atoms with Gasteiger partial charge in [0.2, 0.25) is 0 Å². The minimum absolute atomic E-state index is 0.0454. The second-order valence-electron chi connectivity index (χ2n) is 10.0. The molecular formula is C30H31N5O2. The van der Waals surface area contributed by atoms with Gasteiger partial charge in [-0.3, -0.25) is 14.5 Å². The standard InChI is InChI=1S/C30H31N5O2/c1-20(2)19-32-29(36)21-11-12-27(22(17-21)18-31)34-13-15-35(16-14-34)28-23-7-3-4-8-24(23)30(37)33-26-10-6-5-9-25(26)28/h3-12,17,20,28H,13-16,19H2,1-2H3,(H,32,36)(H,33,37). The first kappa shape index (κ1) is 24.5. The Morgan fingerprint density at radius 3 is 2.46 bits per heavy atom. The number of hydrogen-bond donors (Lipinski definition) is 2. The third-order valence-corrected chi connectivity index (χ3v) is 7.07. The molecule has 37 heavy (non-hydrogen) atoms. The molecule has 0 bridgehead atoms. The summed E-state index contributed by atoms with van der Waals surface area (Å²) in [5, 5.41) is 15.8. The normalized spacial score (nSPS) is 17.3. The van der Waals surface area contributed by atoms with E-state index in [-0.39, 0.29) is 17.9 Å². The molecule has 0 radical (unpaired) electrons. The molecule has 3 aromatic carbocycles. The number of anilines is 2. The number of para-hydroxylation sites is 1. The van der Waals surface area contributed by atoms with Crippen molar-refractivity contribution in [2.75, 3.05) is 42.9 Å². The van der Waals surface area contributed by atoms with Gasteiger partial charge in [0.15, 0.2) is 0 Å². The summed E-state index contributed by atoms with van der Waals surface area (Å²) >= 11 is 0. The van der Waals surface area contributed by atoms with Crippen LogP contribution in [0.3, 0.4) is 0 Å². The van der Waals surface area contributed by atoms with Crippen molar-refractivity contribution in [1.29, 1.82) is 5.26 Å². The molecule has 2 heterocycles. The van der Waals surface area contributed by atoms with Crippen molar-refractivity contribution in [1.82, 2.24) is 10.2 Å². The zero-order valence-electron chi connectivity index (χ0n) is 21.2. The summed E-state index contributed by atoms with van der Waals surface area (Å²) in [4.78, 5) is 30.1. The molecule has 1 saturated heterocycles. The highest BCUT2D eigenvalue weighted by Gasteiger charge is 2.33. The molecule has 0 aromatic heterocycles. The summed E-state index contributed by atoms with van der Waals surface area (Å²) in [5.41, 5.74) is 5.49. The van der Waals surface area contributed by atoms with Crippen molar-refractivity contribution in [2.45, 2.75) is 19.9 Å². The molecule has 2 aliphatic rings. The molecule has 7 nitrogen and oxygen atoms in total. The van der Waals surface area contributed by atoms with Crippen molar-refractivity contribution in [3.8, 4) is 6.07 Å². The van der Waals surface area contributed by atoms with Gasteiger partial charge in [-0.2, -0.15) is 5.26 Å². The van der Waals surface area contributed by atoms with Gasteiger partial charge in [0.25, 0.3) is 11.8 Å². The van der Waals surface area contributed by atoms with Gasteiger partial charge < -0.3 is 15.5 Å². The third-order valence-electron chi connectivity index (χ3n) is 7.07. The monoisotopic (exact) mass is 493 g/mol. The number of carbonyl (C=O) groups excluding carboxylic acids is 2. The molecular weight excluding hydrogens is 462 g/mol. The summed E-state index contributed by atoms with van der Waals surface area (Å²) in [6.07, 6.45) is 0. The van der Waals surface area contributed by atoms with Crippen molar-refractivity contribution < 1.29 is 9.59 Å². The van der Waals surface area contributed by atoms with E-state index in [2.05, 4.69) is 32.6 Å². The maximum atomic E-state index is 13.0. The zero-order chi connectivity index (χ0) is 25.9. The highest BCUT2D eigenvalue weighted by molar-refractivity contribution is 6.07. The Kier molecular flexibility index (Phi) is 6.93. The Hall–Kier alpha value is -4.15. The van der Waals surface area contributed by atoms with Crippen LogP contribution in [0.2, 0.25) is 0 Å². The van der Waals surface area contributed by atoms with Crippen LogP contribution in [0, 0.1) is 17.2 Å². The fourth-order valence-electron chi connectivity index (χ4n) is 5.20. The van der Waals surface area contributed by atoms with E-state index in [1.165, 1.54) is 0 Å². The number of carbonyl (C=O) groups is 2. The zero-order valence-corrected chi connectivity index (χ0v) is 21.2. The molecule has 5 rings (SSSR count). The lowest BCUT2D eigenvalue weighted by Gasteiger charge is -2.41. The van der Waals surface area contributed by atoms with E-state index in [0.29, 0.717) is 29.2 Å². The molecule has 1 unspecified atom stereocenters. The summed E-state index contributed by atoms with van der Waals surface area (Å²) in [6.45, 7) is 7.69. The fraction of sp³-hybridized carbons (Fsp3) is 0.300. The van der Waals surface area contributed by atoms with Crippen LogP contribution in [0.25, 0.3) is 0 Å². The molecule has 2 aliphatic heterocycles. The summed E-state index contributed by atoms with van der Waals surface area (Å²) in [6, 6.07) is 23.4. The molecule has 0 aliphatic carbocycles. The van der Waals surface area contributed by atoms with Gasteiger partial charge in [0, 0.05) is 49.5 Å². The number of rotatable bonds is 5. The molecule has 0 spiro atoms. The summed E-state index contributed by atoms with van der Waals surface area (Å²) < 4.78 is 0. The predicted molar refractivity (Wildman–Crippen MR) is 145 cm³/mol. The molecule has 1 fully saturated rings. The highest BCUT2D eigenvalue weighted by Crippen LogP contribution is 2.39. The molecule has 1 atom stereocenters.